The number of aryl methyl sites for hydroxylation is 1. The van der Waals surface area contributed by atoms with E-state index in [1.54, 1.807) is 24.5 Å². The second-order valence-electron chi connectivity index (χ2n) is 4.61. The molecule has 0 spiro atoms. The van der Waals surface area contributed by atoms with Gasteiger partial charge in [-0.25, -0.2) is 4.98 Å². The molecule has 0 unspecified atom stereocenters. The Morgan fingerprint density at radius 2 is 2.42 bits per heavy atom. The largest absolute Gasteiger partial charge is 0.355 e. The molecular formula is C15H11N5O2S2. The van der Waals surface area contributed by atoms with Crippen molar-refractivity contribution in [3.63, 3.8) is 0 Å². The number of nitrogens with zero attached hydrogens (tertiary/aromatic N) is 4. The van der Waals surface area contributed by atoms with Gasteiger partial charge in [0, 0.05) is 24.0 Å². The van der Waals surface area contributed by atoms with Gasteiger partial charge in [0.25, 0.3) is 5.91 Å². The third-order valence-corrected chi connectivity index (χ3v) is 5.23. The Labute approximate surface area is 145 Å². The second-order valence-corrected chi connectivity index (χ2v) is 6.85. The molecule has 0 saturated carbocycles. The van der Waals surface area contributed by atoms with Gasteiger partial charge in [-0.3, -0.25) is 15.1 Å². The Morgan fingerprint density at radius 3 is 3.17 bits per heavy atom. The minimum Gasteiger partial charge on any atom is -0.355 e. The Hall–Kier alpha value is -2.70. The predicted octanol–water partition coefficient (Wildman–Crippen LogP) is 3.37. The highest BCUT2D eigenvalue weighted by molar-refractivity contribution is 8.01. The molecule has 0 atom stereocenters. The van der Waals surface area contributed by atoms with E-state index in [9.17, 15) is 4.79 Å². The van der Waals surface area contributed by atoms with Crippen molar-refractivity contribution >= 4 is 34.1 Å². The standard InChI is InChI=1S/C15H11N5O2S2/c1-9-14(23-6-4-16)24-15(18-9)19-13(21)11-7-12(22-20-11)10-3-2-5-17-8-10/h2-3,5,7-8H,6H2,1H3,(H,18,19,21). The van der Waals surface area contributed by atoms with Gasteiger partial charge in [0.05, 0.1) is 21.7 Å². The number of aromatic nitrogens is 3. The Morgan fingerprint density at radius 1 is 1.54 bits per heavy atom. The fraction of sp³-hybridized carbons (Fsp3) is 0.133. The number of amides is 1. The first-order chi connectivity index (χ1) is 11.7. The zero-order chi connectivity index (χ0) is 16.9. The van der Waals surface area contributed by atoms with E-state index in [4.69, 9.17) is 9.78 Å². The van der Waals surface area contributed by atoms with Crippen LogP contribution >= 0.6 is 23.1 Å². The number of nitriles is 1. The number of thioether (sulfide) groups is 1. The van der Waals surface area contributed by atoms with Gasteiger partial charge in [0.1, 0.15) is 0 Å². The number of carbonyl (C=O) groups excluding carboxylic acids is 1. The molecule has 3 aromatic heterocycles. The summed E-state index contributed by atoms with van der Waals surface area (Å²) in [6.07, 6.45) is 3.28. The summed E-state index contributed by atoms with van der Waals surface area (Å²) in [6.45, 7) is 1.84. The molecule has 24 heavy (non-hydrogen) atoms. The lowest BCUT2D eigenvalue weighted by Crippen LogP contribution is -2.11. The summed E-state index contributed by atoms with van der Waals surface area (Å²) in [4.78, 5) is 20.5. The van der Waals surface area contributed by atoms with Crippen LogP contribution in [0.2, 0.25) is 0 Å². The molecule has 3 aromatic rings. The molecule has 3 heterocycles. The molecule has 0 bridgehead atoms. The van der Waals surface area contributed by atoms with E-state index in [0.717, 1.165) is 15.5 Å². The van der Waals surface area contributed by atoms with Crippen molar-refractivity contribution in [2.45, 2.75) is 11.1 Å². The molecule has 0 aliphatic carbocycles. The lowest BCUT2D eigenvalue weighted by atomic mass is 10.2. The van der Waals surface area contributed by atoms with Gasteiger partial charge in [-0.15, -0.1) is 0 Å². The Bertz CT molecular complexity index is 898. The fourth-order valence-corrected chi connectivity index (χ4v) is 3.65. The van der Waals surface area contributed by atoms with Crippen LogP contribution in [0.5, 0.6) is 0 Å². The lowest BCUT2D eigenvalue weighted by Gasteiger charge is -1.95. The van der Waals surface area contributed by atoms with E-state index in [2.05, 4.69) is 26.5 Å². The zero-order valence-electron chi connectivity index (χ0n) is 12.5. The van der Waals surface area contributed by atoms with Crippen LogP contribution in [0.1, 0.15) is 16.2 Å². The second kappa shape index (κ2) is 7.25. The normalized spacial score (nSPS) is 10.3. The molecule has 7 nitrogen and oxygen atoms in total. The molecule has 0 fully saturated rings. The van der Waals surface area contributed by atoms with E-state index >= 15 is 0 Å². The number of thiazole rings is 1. The monoisotopic (exact) mass is 357 g/mol. The van der Waals surface area contributed by atoms with E-state index in [-0.39, 0.29) is 5.69 Å². The van der Waals surface area contributed by atoms with E-state index in [0.29, 0.717) is 16.6 Å². The quantitative estimate of drug-likeness (QED) is 0.698. The van der Waals surface area contributed by atoms with Gasteiger partial charge in [-0.1, -0.05) is 28.3 Å². The third-order valence-electron chi connectivity index (χ3n) is 2.93. The SMILES string of the molecule is Cc1nc(NC(=O)c2cc(-c3cccnc3)on2)sc1SCC#N. The number of hydrogen-bond acceptors (Lipinski definition) is 8. The van der Waals surface area contributed by atoms with Crippen molar-refractivity contribution in [3.8, 4) is 17.4 Å². The third kappa shape index (κ3) is 3.61. The van der Waals surface area contributed by atoms with Crippen LogP contribution in [0.15, 0.2) is 39.3 Å². The van der Waals surface area contributed by atoms with Crippen LogP contribution in [0.4, 0.5) is 5.13 Å². The number of anilines is 1. The molecule has 9 heteroatoms. The molecule has 3 rings (SSSR count). The average Bonchev–Trinajstić information content (AvgIpc) is 3.21. The first-order valence-corrected chi connectivity index (χ1v) is 8.63. The van der Waals surface area contributed by atoms with Crippen LogP contribution in [0, 0.1) is 18.3 Å². The van der Waals surface area contributed by atoms with Crippen LogP contribution in [-0.2, 0) is 0 Å². The van der Waals surface area contributed by atoms with E-state index in [1.807, 2.05) is 13.0 Å². The molecule has 120 valence electrons. The summed E-state index contributed by atoms with van der Waals surface area (Å²) in [5, 5.41) is 15.6. The van der Waals surface area contributed by atoms with Crippen LogP contribution in [-0.4, -0.2) is 26.8 Å². The maximum absolute atomic E-state index is 12.3. The molecule has 0 radical (unpaired) electrons. The number of hydrogen-bond donors (Lipinski definition) is 1. The summed E-state index contributed by atoms with van der Waals surface area (Å²) in [6, 6.07) is 7.21. The fourth-order valence-electron chi connectivity index (χ4n) is 1.86. The van der Waals surface area contributed by atoms with Gasteiger partial charge in [-0.2, -0.15) is 5.26 Å². The highest BCUT2D eigenvalue weighted by atomic mass is 32.2. The number of pyridine rings is 1. The van der Waals surface area contributed by atoms with Gasteiger partial charge in [-0.05, 0) is 19.1 Å². The van der Waals surface area contributed by atoms with Gasteiger partial charge in [0.2, 0.25) is 0 Å². The van der Waals surface area contributed by atoms with Crippen molar-refractivity contribution in [3.05, 3.63) is 42.0 Å². The van der Waals surface area contributed by atoms with Gasteiger partial charge < -0.3 is 4.52 Å². The molecule has 0 aromatic carbocycles. The number of nitrogens with one attached hydrogen (secondary N) is 1. The van der Waals surface area contributed by atoms with Crippen LogP contribution in [0.3, 0.4) is 0 Å². The van der Waals surface area contributed by atoms with E-state index < -0.39 is 5.91 Å². The first-order valence-electron chi connectivity index (χ1n) is 6.83. The lowest BCUT2D eigenvalue weighted by molar-refractivity contribution is 0.101. The zero-order valence-corrected chi connectivity index (χ0v) is 14.1. The van der Waals surface area contributed by atoms with Gasteiger partial charge in [0.15, 0.2) is 16.6 Å². The van der Waals surface area contributed by atoms with E-state index in [1.165, 1.54) is 23.1 Å². The minimum atomic E-state index is -0.403. The number of rotatable bonds is 5. The minimum absolute atomic E-state index is 0.160. The first kappa shape index (κ1) is 16.2. The summed E-state index contributed by atoms with van der Waals surface area (Å²) in [5.41, 5.74) is 1.68. The molecule has 1 amide bonds. The highest BCUT2D eigenvalue weighted by Gasteiger charge is 2.16. The maximum atomic E-state index is 12.3. The van der Waals surface area contributed by atoms with Crippen molar-refractivity contribution in [2.24, 2.45) is 0 Å². The smallest absolute Gasteiger partial charge is 0.279 e. The van der Waals surface area contributed by atoms with Crippen molar-refractivity contribution in [2.75, 3.05) is 11.1 Å². The topological polar surface area (TPSA) is 105 Å². The van der Waals surface area contributed by atoms with Crippen molar-refractivity contribution in [1.82, 2.24) is 15.1 Å². The number of carbonyl (C=O) groups is 1. The van der Waals surface area contributed by atoms with Crippen molar-refractivity contribution < 1.29 is 9.32 Å². The maximum Gasteiger partial charge on any atom is 0.279 e. The van der Waals surface area contributed by atoms with Crippen LogP contribution < -0.4 is 5.32 Å². The van der Waals surface area contributed by atoms with Gasteiger partial charge >= 0.3 is 0 Å². The Kier molecular flexibility index (Phi) is 4.88. The van der Waals surface area contributed by atoms with Crippen LogP contribution in [0.25, 0.3) is 11.3 Å². The van der Waals surface area contributed by atoms with Crippen molar-refractivity contribution in [1.29, 1.82) is 5.26 Å². The molecular weight excluding hydrogens is 346 g/mol. The predicted molar refractivity (Wildman–Crippen MR) is 90.9 cm³/mol. The molecule has 1 N–H and O–H groups in total. The summed E-state index contributed by atoms with van der Waals surface area (Å²) >= 11 is 2.72. The average molecular weight is 357 g/mol. The Balaban J connectivity index is 1.72. The molecule has 0 saturated heterocycles. The summed E-state index contributed by atoms with van der Waals surface area (Å²) in [5.74, 6) is 0.405. The summed E-state index contributed by atoms with van der Waals surface area (Å²) in [7, 11) is 0. The summed E-state index contributed by atoms with van der Waals surface area (Å²) < 4.78 is 6.09. The molecule has 0 aliphatic rings. The highest BCUT2D eigenvalue weighted by Crippen LogP contribution is 2.32. The molecule has 0 aliphatic heterocycles.